The molecule has 1 aromatic carbocycles. The van der Waals surface area contributed by atoms with Crippen molar-refractivity contribution < 1.29 is 14.0 Å². The molecule has 1 aliphatic heterocycles. The SMILES string of the molecule is Cc1c([C@H](C(Cl)Cl)[C@H](O[Si](C)(C)C(C)(C)C)[C@H]2C[C@H](C)C(=O)O2)ccc[c]1[Sn]([CH3])([CH3])[CH3]. The molecule has 31 heavy (non-hydrogen) atoms. The molecule has 0 unspecified atom stereocenters. The van der Waals surface area contributed by atoms with E-state index in [0.29, 0.717) is 6.42 Å². The van der Waals surface area contributed by atoms with Crippen LogP contribution in [0.3, 0.4) is 0 Å². The van der Waals surface area contributed by atoms with Gasteiger partial charge in [-0.2, -0.15) is 0 Å². The van der Waals surface area contributed by atoms with Crippen LogP contribution in [0.4, 0.5) is 0 Å². The van der Waals surface area contributed by atoms with Crippen LogP contribution < -0.4 is 3.58 Å². The van der Waals surface area contributed by atoms with Gasteiger partial charge < -0.3 is 0 Å². The molecule has 0 N–H and O–H groups in total. The van der Waals surface area contributed by atoms with Gasteiger partial charge in [0.15, 0.2) is 0 Å². The molecule has 176 valence electrons. The third-order valence-electron chi connectivity index (χ3n) is 7.03. The Labute approximate surface area is 204 Å². The second-order valence-electron chi connectivity index (χ2n) is 11.6. The van der Waals surface area contributed by atoms with Gasteiger partial charge in [0, 0.05) is 0 Å². The van der Waals surface area contributed by atoms with Crippen LogP contribution in [-0.4, -0.2) is 49.7 Å². The Balaban J connectivity index is 2.62. The average molecular weight is 594 g/mol. The van der Waals surface area contributed by atoms with Crippen molar-refractivity contribution in [2.24, 2.45) is 5.92 Å². The summed E-state index contributed by atoms with van der Waals surface area (Å²) in [6.07, 6.45) is -0.0893. The van der Waals surface area contributed by atoms with Gasteiger partial charge in [-0.1, -0.05) is 0 Å². The van der Waals surface area contributed by atoms with Crippen molar-refractivity contribution in [2.45, 2.75) is 97.0 Å². The number of hydrogen-bond acceptors (Lipinski definition) is 3. The van der Waals surface area contributed by atoms with Crippen molar-refractivity contribution in [1.82, 2.24) is 0 Å². The van der Waals surface area contributed by atoms with E-state index >= 15 is 0 Å². The molecule has 3 nitrogen and oxygen atoms in total. The van der Waals surface area contributed by atoms with Crippen LogP contribution in [0.15, 0.2) is 18.2 Å². The van der Waals surface area contributed by atoms with Crippen molar-refractivity contribution in [3.05, 3.63) is 29.3 Å². The molecular formula is C24H40Cl2O3SiSn. The Morgan fingerprint density at radius 1 is 1.19 bits per heavy atom. The first-order chi connectivity index (χ1) is 14.0. The van der Waals surface area contributed by atoms with Crippen LogP contribution in [0, 0.1) is 12.8 Å². The summed E-state index contributed by atoms with van der Waals surface area (Å²) < 4.78 is 14.3. The predicted octanol–water partition coefficient (Wildman–Crippen LogP) is 6.77. The molecule has 0 spiro atoms. The minimum atomic E-state index is -2.35. The van der Waals surface area contributed by atoms with Gasteiger partial charge in [-0.3, -0.25) is 0 Å². The first kappa shape index (κ1) is 27.5. The van der Waals surface area contributed by atoms with Crippen LogP contribution in [0.5, 0.6) is 0 Å². The molecule has 0 radical (unpaired) electrons. The summed E-state index contributed by atoms with van der Waals surface area (Å²) in [7, 11) is -2.18. The number of rotatable bonds is 7. The van der Waals surface area contributed by atoms with Gasteiger partial charge in [-0.15, -0.1) is 0 Å². The van der Waals surface area contributed by atoms with E-state index in [9.17, 15) is 4.79 Å². The van der Waals surface area contributed by atoms with Crippen LogP contribution in [-0.2, 0) is 14.0 Å². The third kappa shape index (κ3) is 6.23. The summed E-state index contributed by atoms with van der Waals surface area (Å²) in [6.45, 7) is 15.2. The van der Waals surface area contributed by atoms with Gasteiger partial charge in [0.05, 0.1) is 0 Å². The fourth-order valence-electron chi connectivity index (χ4n) is 4.14. The third-order valence-corrected chi connectivity index (χ3v) is 18.2. The maximum atomic E-state index is 12.3. The van der Waals surface area contributed by atoms with E-state index < -0.39 is 31.5 Å². The van der Waals surface area contributed by atoms with Crippen molar-refractivity contribution >= 4 is 59.4 Å². The van der Waals surface area contributed by atoms with Crippen molar-refractivity contribution in [2.75, 3.05) is 0 Å². The molecule has 1 fully saturated rings. The van der Waals surface area contributed by atoms with Gasteiger partial charge in [0.1, 0.15) is 0 Å². The Morgan fingerprint density at radius 3 is 2.19 bits per heavy atom. The second-order valence-corrected chi connectivity index (χ2v) is 31.9. The summed E-state index contributed by atoms with van der Waals surface area (Å²) >= 11 is 11.0. The average Bonchev–Trinajstić information content (AvgIpc) is 2.92. The quantitative estimate of drug-likeness (QED) is 0.199. The molecule has 1 heterocycles. The zero-order valence-corrected chi connectivity index (χ0v) is 26.2. The molecule has 0 bridgehead atoms. The molecule has 1 aliphatic rings. The maximum absolute atomic E-state index is 12.3. The van der Waals surface area contributed by atoms with Crippen molar-refractivity contribution in [3.8, 4) is 0 Å². The van der Waals surface area contributed by atoms with Crippen LogP contribution in [0.1, 0.15) is 51.2 Å². The molecule has 4 atom stereocenters. The summed E-state index contributed by atoms with van der Waals surface area (Å²) in [5.41, 5.74) is 2.39. The van der Waals surface area contributed by atoms with Crippen molar-refractivity contribution in [1.29, 1.82) is 0 Å². The van der Waals surface area contributed by atoms with E-state index in [1.165, 1.54) is 9.14 Å². The molecule has 0 aliphatic carbocycles. The Morgan fingerprint density at radius 2 is 1.77 bits per heavy atom. The Hall–Kier alpha value is 0.246. The number of hydrogen-bond donors (Lipinski definition) is 0. The number of alkyl halides is 2. The van der Waals surface area contributed by atoms with Crippen LogP contribution >= 0.6 is 23.2 Å². The zero-order valence-electron chi connectivity index (χ0n) is 20.8. The molecule has 0 amide bonds. The van der Waals surface area contributed by atoms with Crippen LogP contribution in [0.25, 0.3) is 0 Å². The fraction of sp³-hybridized carbons (Fsp3) is 0.708. The molecule has 0 aromatic heterocycles. The van der Waals surface area contributed by atoms with Gasteiger partial charge >= 0.3 is 206 Å². The molecular weight excluding hydrogens is 554 g/mol. The van der Waals surface area contributed by atoms with E-state index in [1.807, 2.05) is 6.92 Å². The Bertz CT molecular complexity index is 799. The standard InChI is InChI=1S/C21H31Cl2O3Si.3CH3.Sn/c1-13-10-8-9-11-15(13)17(19(22)23)18(16-12-14(2)20(24)25-16)26-27(6,7)21(3,4)5;;;;/h8-9,11,14,16-19H,12H2,1-7H3;3*1H3;/t14-,16+,17-,18+;;;;/m0..../s1. The summed E-state index contributed by atoms with van der Waals surface area (Å²) in [6, 6.07) is 6.50. The van der Waals surface area contributed by atoms with Crippen molar-refractivity contribution in [3.63, 3.8) is 0 Å². The van der Waals surface area contributed by atoms with E-state index in [-0.39, 0.29) is 35.1 Å². The number of benzene rings is 1. The number of carbonyl (C=O) groups excluding carboxylic acids is 1. The summed E-state index contributed by atoms with van der Waals surface area (Å²) in [5.74, 6) is -0.572. The van der Waals surface area contributed by atoms with Gasteiger partial charge in [-0.05, 0) is 0 Å². The predicted molar refractivity (Wildman–Crippen MR) is 138 cm³/mol. The van der Waals surface area contributed by atoms with Gasteiger partial charge in [-0.25, -0.2) is 0 Å². The monoisotopic (exact) mass is 594 g/mol. The topological polar surface area (TPSA) is 35.5 Å². The first-order valence-corrected chi connectivity index (χ1v) is 25.0. The van der Waals surface area contributed by atoms with Crippen LogP contribution in [0.2, 0.25) is 33.0 Å². The zero-order chi connectivity index (χ0) is 23.9. The molecule has 1 saturated heterocycles. The van der Waals surface area contributed by atoms with Gasteiger partial charge in [0.2, 0.25) is 0 Å². The Kier molecular flexibility index (Phi) is 8.74. The molecule has 0 saturated carbocycles. The summed E-state index contributed by atoms with van der Waals surface area (Å²) in [4.78, 5) is 18.9. The minimum absolute atomic E-state index is 0.0108. The first-order valence-electron chi connectivity index (χ1n) is 11.2. The molecule has 7 heteroatoms. The fourth-order valence-corrected chi connectivity index (χ4v) is 11.4. The number of cyclic esters (lactones) is 1. The molecule has 2 rings (SSSR count). The second kappa shape index (κ2) is 9.85. The van der Waals surface area contributed by atoms with Gasteiger partial charge in [0.25, 0.3) is 0 Å². The van der Waals surface area contributed by atoms with E-state index in [1.54, 1.807) is 0 Å². The normalized spacial score (nSPS) is 22.5. The molecule has 1 aromatic rings. The number of carbonyl (C=O) groups is 1. The number of esters is 1. The summed E-state index contributed by atoms with van der Waals surface area (Å²) in [5, 5.41) is 0.0108. The van der Waals surface area contributed by atoms with E-state index in [4.69, 9.17) is 32.4 Å². The number of halogens is 2. The number of ether oxygens (including phenoxy) is 1. The van der Waals surface area contributed by atoms with E-state index in [0.717, 1.165) is 5.56 Å². The van der Waals surface area contributed by atoms with E-state index in [2.05, 4.69) is 73.8 Å².